The quantitative estimate of drug-likeness (QED) is 0.634. The standard InChI is InChI=1S/C19H33NO3/c1-16-15-17(19(2,3)4)7-8-18(16)23-14-13-22-12-10-20-9-6-11-21-5/h7-8,15,20H,6,9-14H2,1-5H3. The first kappa shape index (κ1) is 19.9. The third kappa shape index (κ3) is 8.35. The van der Waals surface area contributed by atoms with Gasteiger partial charge in [0, 0.05) is 20.3 Å². The molecular formula is C19H33NO3. The van der Waals surface area contributed by atoms with Gasteiger partial charge in [-0.2, -0.15) is 0 Å². The summed E-state index contributed by atoms with van der Waals surface area (Å²) in [7, 11) is 1.72. The maximum Gasteiger partial charge on any atom is 0.122 e. The zero-order valence-corrected chi connectivity index (χ0v) is 15.4. The number of nitrogens with one attached hydrogen (secondary N) is 1. The van der Waals surface area contributed by atoms with Crippen molar-refractivity contribution in [3.8, 4) is 5.75 Å². The second kappa shape index (κ2) is 10.6. The summed E-state index contributed by atoms with van der Waals surface area (Å²) in [6.45, 7) is 13.3. The molecule has 4 heteroatoms. The largest absolute Gasteiger partial charge is 0.491 e. The summed E-state index contributed by atoms with van der Waals surface area (Å²) < 4.78 is 16.4. The summed E-state index contributed by atoms with van der Waals surface area (Å²) in [4.78, 5) is 0. The summed E-state index contributed by atoms with van der Waals surface area (Å²) in [5.41, 5.74) is 2.68. The molecule has 0 atom stereocenters. The molecule has 0 radical (unpaired) electrons. The van der Waals surface area contributed by atoms with Gasteiger partial charge in [-0.1, -0.05) is 32.9 Å². The lowest BCUT2D eigenvalue weighted by molar-refractivity contribution is 0.101. The van der Waals surface area contributed by atoms with Crippen LogP contribution in [0.15, 0.2) is 18.2 Å². The van der Waals surface area contributed by atoms with Gasteiger partial charge in [-0.3, -0.25) is 0 Å². The molecule has 0 spiro atoms. The van der Waals surface area contributed by atoms with Gasteiger partial charge in [0.1, 0.15) is 12.4 Å². The van der Waals surface area contributed by atoms with Crippen LogP contribution in [-0.2, 0) is 14.9 Å². The Bertz CT molecular complexity index is 441. The lowest BCUT2D eigenvalue weighted by Gasteiger charge is -2.20. The van der Waals surface area contributed by atoms with Crippen molar-refractivity contribution >= 4 is 0 Å². The van der Waals surface area contributed by atoms with Gasteiger partial charge in [-0.25, -0.2) is 0 Å². The Morgan fingerprint density at radius 2 is 1.78 bits per heavy atom. The minimum Gasteiger partial charge on any atom is -0.491 e. The zero-order chi connectivity index (χ0) is 17.1. The van der Waals surface area contributed by atoms with Crippen LogP contribution in [0.2, 0.25) is 0 Å². The average molecular weight is 323 g/mol. The Morgan fingerprint density at radius 1 is 1.00 bits per heavy atom. The van der Waals surface area contributed by atoms with Gasteiger partial charge in [0.15, 0.2) is 0 Å². The van der Waals surface area contributed by atoms with E-state index in [0.29, 0.717) is 19.8 Å². The maximum atomic E-state index is 5.80. The minimum atomic E-state index is 0.169. The third-order valence-corrected chi connectivity index (χ3v) is 3.65. The van der Waals surface area contributed by atoms with Crippen molar-refractivity contribution in [2.75, 3.05) is 46.6 Å². The smallest absolute Gasteiger partial charge is 0.122 e. The monoisotopic (exact) mass is 323 g/mol. The van der Waals surface area contributed by atoms with Crippen LogP contribution in [0.3, 0.4) is 0 Å². The van der Waals surface area contributed by atoms with Gasteiger partial charge in [0.2, 0.25) is 0 Å². The SMILES string of the molecule is COCCCNCCOCCOc1ccc(C(C)(C)C)cc1C. The summed E-state index contributed by atoms with van der Waals surface area (Å²) >= 11 is 0. The van der Waals surface area contributed by atoms with Gasteiger partial charge in [0.25, 0.3) is 0 Å². The first-order valence-corrected chi connectivity index (χ1v) is 8.46. The molecule has 0 amide bonds. The Hall–Kier alpha value is -1.10. The summed E-state index contributed by atoms with van der Waals surface area (Å²) in [5.74, 6) is 0.944. The van der Waals surface area contributed by atoms with Crippen LogP contribution >= 0.6 is 0 Å². The van der Waals surface area contributed by atoms with Crippen LogP contribution in [0.25, 0.3) is 0 Å². The van der Waals surface area contributed by atoms with Crippen molar-refractivity contribution in [2.45, 2.75) is 39.5 Å². The van der Waals surface area contributed by atoms with E-state index in [0.717, 1.165) is 31.9 Å². The van der Waals surface area contributed by atoms with E-state index in [9.17, 15) is 0 Å². The lowest BCUT2D eigenvalue weighted by atomic mass is 9.86. The normalized spacial score (nSPS) is 11.7. The molecule has 0 fully saturated rings. The number of ether oxygens (including phenoxy) is 3. The molecule has 132 valence electrons. The van der Waals surface area contributed by atoms with E-state index in [1.54, 1.807) is 7.11 Å². The molecule has 1 aromatic carbocycles. The molecule has 0 saturated heterocycles. The van der Waals surface area contributed by atoms with Gasteiger partial charge >= 0.3 is 0 Å². The first-order valence-electron chi connectivity index (χ1n) is 8.46. The van der Waals surface area contributed by atoms with Gasteiger partial charge in [-0.15, -0.1) is 0 Å². The van der Waals surface area contributed by atoms with Crippen molar-refractivity contribution in [3.63, 3.8) is 0 Å². The highest BCUT2D eigenvalue weighted by molar-refractivity contribution is 5.38. The van der Waals surface area contributed by atoms with E-state index in [1.807, 2.05) is 0 Å². The maximum absolute atomic E-state index is 5.80. The van der Waals surface area contributed by atoms with Crippen LogP contribution in [0.4, 0.5) is 0 Å². The minimum absolute atomic E-state index is 0.169. The number of hydrogen-bond donors (Lipinski definition) is 1. The molecule has 0 unspecified atom stereocenters. The van der Waals surface area contributed by atoms with Crippen molar-refractivity contribution in [3.05, 3.63) is 29.3 Å². The van der Waals surface area contributed by atoms with Crippen molar-refractivity contribution in [1.82, 2.24) is 5.32 Å². The van der Waals surface area contributed by atoms with E-state index >= 15 is 0 Å². The summed E-state index contributed by atoms with van der Waals surface area (Å²) in [5, 5.41) is 3.31. The Labute approximate surface area is 141 Å². The van der Waals surface area contributed by atoms with E-state index in [-0.39, 0.29) is 5.41 Å². The van der Waals surface area contributed by atoms with Crippen LogP contribution < -0.4 is 10.1 Å². The predicted molar refractivity (Wildman–Crippen MR) is 95.6 cm³/mol. The molecule has 0 aliphatic carbocycles. The van der Waals surface area contributed by atoms with E-state index in [2.05, 4.69) is 51.2 Å². The summed E-state index contributed by atoms with van der Waals surface area (Å²) in [6, 6.07) is 6.42. The van der Waals surface area contributed by atoms with E-state index in [1.165, 1.54) is 11.1 Å². The molecule has 1 N–H and O–H groups in total. The van der Waals surface area contributed by atoms with Crippen LogP contribution in [-0.4, -0.2) is 46.6 Å². The Morgan fingerprint density at radius 3 is 2.43 bits per heavy atom. The molecule has 0 aliphatic heterocycles. The third-order valence-electron chi connectivity index (χ3n) is 3.65. The van der Waals surface area contributed by atoms with Gasteiger partial charge in [-0.05, 0) is 42.5 Å². The van der Waals surface area contributed by atoms with Crippen LogP contribution in [0.1, 0.15) is 38.3 Å². The molecule has 0 aliphatic rings. The first-order chi connectivity index (χ1) is 10.9. The highest BCUT2D eigenvalue weighted by Gasteiger charge is 2.14. The molecule has 0 heterocycles. The van der Waals surface area contributed by atoms with Crippen molar-refractivity contribution in [1.29, 1.82) is 0 Å². The average Bonchev–Trinajstić information content (AvgIpc) is 2.49. The molecule has 0 bridgehead atoms. The second-order valence-electron chi connectivity index (χ2n) is 6.79. The Kier molecular flexibility index (Phi) is 9.22. The summed E-state index contributed by atoms with van der Waals surface area (Å²) in [6.07, 6.45) is 1.03. The van der Waals surface area contributed by atoms with Gasteiger partial charge < -0.3 is 19.5 Å². The number of rotatable bonds is 11. The fourth-order valence-corrected chi connectivity index (χ4v) is 2.20. The predicted octanol–water partition coefficient (Wildman–Crippen LogP) is 3.31. The molecule has 1 rings (SSSR count). The topological polar surface area (TPSA) is 39.7 Å². The van der Waals surface area contributed by atoms with Crippen LogP contribution in [0, 0.1) is 6.92 Å². The fourth-order valence-electron chi connectivity index (χ4n) is 2.20. The highest BCUT2D eigenvalue weighted by atomic mass is 16.5. The number of aryl methyl sites for hydroxylation is 1. The van der Waals surface area contributed by atoms with Gasteiger partial charge in [0.05, 0.1) is 13.2 Å². The van der Waals surface area contributed by atoms with Crippen molar-refractivity contribution in [2.24, 2.45) is 0 Å². The van der Waals surface area contributed by atoms with E-state index in [4.69, 9.17) is 14.2 Å². The van der Waals surface area contributed by atoms with Crippen molar-refractivity contribution < 1.29 is 14.2 Å². The second-order valence-corrected chi connectivity index (χ2v) is 6.79. The fraction of sp³-hybridized carbons (Fsp3) is 0.684. The van der Waals surface area contributed by atoms with E-state index < -0.39 is 0 Å². The molecule has 1 aromatic rings. The molecular weight excluding hydrogens is 290 g/mol. The highest BCUT2D eigenvalue weighted by Crippen LogP contribution is 2.27. The van der Waals surface area contributed by atoms with Crippen LogP contribution in [0.5, 0.6) is 5.75 Å². The molecule has 23 heavy (non-hydrogen) atoms. The Balaban J connectivity index is 2.14. The zero-order valence-electron chi connectivity index (χ0n) is 15.4. The number of benzene rings is 1. The lowest BCUT2D eigenvalue weighted by Crippen LogP contribution is -2.22. The number of methoxy groups -OCH3 is 1. The molecule has 0 saturated carbocycles. The number of hydrogen-bond acceptors (Lipinski definition) is 4. The molecule has 0 aromatic heterocycles. The molecule has 4 nitrogen and oxygen atoms in total.